The maximum Gasteiger partial charge on any atom is 0.326 e. The number of hydrogen-bond acceptors (Lipinski definition) is 7. The fraction of sp³-hybridized carbons (Fsp3) is 0.360. The molecule has 3 rings (SSSR count). The van der Waals surface area contributed by atoms with Crippen LogP contribution in [-0.4, -0.2) is 56.1 Å². The first-order valence-corrected chi connectivity index (χ1v) is 11.1. The smallest absolute Gasteiger partial charge is 0.326 e. The van der Waals surface area contributed by atoms with Gasteiger partial charge in [-0.25, -0.2) is 4.79 Å². The summed E-state index contributed by atoms with van der Waals surface area (Å²) >= 11 is 0. The number of rotatable bonds is 10. The molecular formula is C25H29N3O7. The van der Waals surface area contributed by atoms with Gasteiger partial charge in [-0.05, 0) is 37.1 Å². The van der Waals surface area contributed by atoms with Crippen molar-refractivity contribution in [2.45, 2.75) is 31.8 Å². The molecule has 0 bridgehead atoms. The largest absolute Gasteiger partial charge is 0.497 e. The molecular weight excluding hydrogens is 454 g/mol. The maximum absolute atomic E-state index is 13.1. The minimum absolute atomic E-state index is 0.307. The van der Waals surface area contributed by atoms with Gasteiger partial charge >= 0.3 is 12.0 Å². The molecule has 2 aromatic carbocycles. The van der Waals surface area contributed by atoms with Crippen LogP contribution in [0.2, 0.25) is 0 Å². The topological polar surface area (TPSA) is 123 Å². The van der Waals surface area contributed by atoms with Crippen LogP contribution in [0.15, 0.2) is 48.5 Å². The molecule has 0 saturated carbocycles. The Morgan fingerprint density at radius 3 is 2.43 bits per heavy atom. The molecule has 2 atom stereocenters. The minimum atomic E-state index is -1.25. The number of carbonyl (C=O) groups excluding carboxylic acids is 4. The molecule has 2 N–H and O–H groups in total. The third-order valence-electron chi connectivity index (χ3n) is 5.90. The summed E-state index contributed by atoms with van der Waals surface area (Å²) in [5.41, 5.74) is 0.0575. The molecule has 10 nitrogen and oxygen atoms in total. The number of esters is 1. The molecule has 35 heavy (non-hydrogen) atoms. The Bertz CT molecular complexity index is 1110. The van der Waals surface area contributed by atoms with E-state index in [1.165, 1.54) is 14.2 Å². The highest BCUT2D eigenvalue weighted by Gasteiger charge is 2.51. The zero-order valence-electron chi connectivity index (χ0n) is 20.1. The van der Waals surface area contributed by atoms with Gasteiger partial charge in [0.2, 0.25) is 0 Å². The highest BCUT2D eigenvalue weighted by Crippen LogP contribution is 2.32. The van der Waals surface area contributed by atoms with Gasteiger partial charge in [-0.1, -0.05) is 37.3 Å². The summed E-state index contributed by atoms with van der Waals surface area (Å²) in [6, 6.07) is 12.9. The zero-order chi connectivity index (χ0) is 25.6. The van der Waals surface area contributed by atoms with Crippen LogP contribution in [-0.2, 0) is 24.7 Å². The standard InChI is InChI=1S/C25H29N3O7/c1-5-25(17-9-7-6-8-10-17)23(31)28(24(32)27-25)14-22(30)35-15-21(29)26-16(2)19-13-18(33-3)11-12-20(19)34-4/h6-13,16H,5,14-15H2,1-4H3,(H,26,29)(H,27,32). The van der Waals surface area contributed by atoms with Gasteiger partial charge in [0, 0.05) is 5.56 Å². The Kier molecular flexibility index (Phi) is 7.95. The molecule has 2 unspecified atom stereocenters. The number of benzene rings is 2. The number of imide groups is 1. The van der Waals surface area contributed by atoms with Gasteiger partial charge in [0.1, 0.15) is 23.6 Å². The molecule has 1 heterocycles. The third kappa shape index (κ3) is 5.37. The lowest BCUT2D eigenvalue weighted by atomic mass is 9.87. The molecule has 1 aliphatic heterocycles. The van der Waals surface area contributed by atoms with E-state index in [-0.39, 0.29) is 0 Å². The summed E-state index contributed by atoms with van der Waals surface area (Å²) in [4.78, 5) is 51.1. The van der Waals surface area contributed by atoms with Crippen molar-refractivity contribution in [3.8, 4) is 11.5 Å². The van der Waals surface area contributed by atoms with Gasteiger partial charge in [-0.15, -0.1) is 0 Å². The van der Waals surface area contributed by atoms with E-state index in [1.807, 2.05) is 0 Å². The number of nitrogens with one attached hydrogen (secondary N) is 2. The lowest BCUT2D eigenvalue weighted by molar-refractivity contribution is -0.151. The fourth-order valence-electron chi connectivity index (χ4n) is 3.99. The number of amides is 4. The third-order valence-corrected chi connectivity index (χ3v) is 5.90. The SMILES string of the molecule is CCC1(c2ccccc2)NC(=O)N(CC(=O)OCC(=O)NC(C)c2cc(OC)ccc2OC)C1=O. The number of ether oxygens (including phenoxy) is 3. The molecule has 1 fully saturated rings. The van der Waals surface area contributed by atoms with Crippen molar-refractivity contribution in [3.63, 3.8) is 0 Å². The zero-order valence-corrected chi connectivity index (χ0v) is 20.1. The summed E-state index contributed by atoms with van der Waals surface area (Å²) in [5.74, 6) is -0.820. The van der Waals surface area contributed by atoms with Crippen LogP contribution in [0.5, 0.6) is 11.5 Å². The highest BCUT2D eigenvalue weighted by molar-refractivity contribution is 6.09. The van der Waals surface area contributed by atoms with E-state index in [9.17, 15) is 19.2 Å². The summed E-state index contributed by atoms with van der Waals surface area (Å²) < 4.78 is 15.6. The number of carbonyl (C=O) groups is 4. The van der Waals surface area contributed by atoms with Gasteiger partial charge < -0.3 is 24.8 Å². The minimum Gasteiger partial charge on any atom is -0.497 e. The second-order valence-corrected chi connectivity index (χ2v) is 8.00. The van der Waals surface area contributed by atoms with Gasteiger partial charge in [-0.2, -0.15) is 0 Å². The summed E-state index contributed by atoms with van der Waals surface area (Å²) in [6.45, 7) is 2.34. The van der Waals surface area contributed by atoms with Gasteiger partial charge in [0.25, 0.3) is 11.8 Å². The van der Waals surface area contributed by atoms with Gasteiger partial charge in [-0.3, -0.25) is 19.3 Å². The Hall–Kier alpha value is -4.08. The molecule has 1 saturated heterocycles. The quantitative estimate of drug-likeness (QED) is 0.393. The lowest BCUT2D eigenvalue weighted by Crippen LogP contribution is -2.44. The summed E-state index contributed by atoms with van der Waals surface area (Å²) in [5, 5.41) is 5.42. The molecule has 2 aromatic rings. The predicted octanol–water partition coefficient (Wildman–Crippen LogP) is 2.28. The van der Waals surface area contributed by atoms with Crippen LogP contribution in [0.25, 0.3) is 0 Å². The van der Waals surface area contributed by atoms with E-state index < -0.39 is 48.5 Å². The Balaban J connectivity index is 1.58. The van der Waals surface area contributed by atoms with E-state index >= 15 is 0 Å². The molecule has 0 aromatic heterocycles. The lowest BCUT2D eigenvalue weighted by Gasteiger charge is -2.25. The van der Waals surface area contributed by atoms with Crippen LogP contribution in [0.1, 0.15) is 37.4 Å². The van der Waals surface area contributed by atoms with Crippen LogP contribution in [0, 0.1) is 0 Å². The first kappa shape index (κ1) is 25.5. The van der Waals surface area contributed by atoms with Crippen molar-refractivity contribution in [1.29, 1.82) is 0 Å². The van der Waals surface area contributed by atoms with Crippen molar-refractivity contribution < 1.29 is 33.4 Å². The summed E-state index contributed by atoms with van der Waals surface area (Å²) in [7, 11) is 3.05. The van der Waals surface area contributed by atoms with Crippen molar-refractivity contribution >= 4 is 23.8 Å². The molecule has 186 valence electrons. The van der Waals surface area contributed by atoms with Crippen molar-refractivity contribution in [2.75, 3.05) is 27.4 Å². The second-order valence-electron chi connectivity index (χ2n) is 8.00. The van der Waals surface area contributed by atoms with Crippen LogP contribution >= 0.6 is 0 Å². The monoisotopic (exact) mass is 483 g/mol. The van der Waals surface area contributed by atoms with Crippen molar-refractivity contribution in [1.82, 2.24) is 15.5 Å². The number of hydrogen-bond donors (Lipinski definition) is 2. The Morgan fingerprint density at radius 2 is 1.80 bits per heavy atom. The van der Waals surface area contributed by atoms with Crippen molar-refractivity contribution in [2.24, 2.45) is 0 Å². The van der Waals surface area contributed by atoms with E-state index in [4.69, 9.17) is 14.2 Å². The number of methoxy groups -OCH3 is 2. The molecule has 0 aliphatic carbocycles. The highest BCUT2D eigenvalue weighted by atomic mass is 16.5. The molecule has 4 amide bonds. The Labute approximate surface area is 203 Å². The molecule has 1 aliphatic rings. The Morgan fingerprint density at radius 1 is 1.09 bits per heavy atom. The van der Waals surface area contributed by atoms with E-state index in [0.717, 1.165) is 4.90 Å². The van der Waals surface area contributed by atoms with Crippen LogP contribution in [0.3, 0.4) is 0 Å². The van der Waals surface area contributed by atoms with E-state index in [2.05, 4.69) is 10.6 Å². The van der Waals surface area contributed by atoms with Gasteiger partial charge in [0.15, 0.2) is 6.61 Å². The van der Waals surface area contributed by atoms with E-state index in [1.54, 1.807) is 62.4 Å². The van der Waals surface area contributed by atoms with Crippen LogP contribution < -0.4 is 20.1 Å². The van der Waals surface area contributed by atoms with Gasteiger partial charge in [0.05, 0.1) is 20.3 Å². The average molecular weight is 484 g/mol. The maximum atomic E-state index is 13.1. The second kappa shape index (κ2) is 10.9. The van der Waals surface area contributed by atoms with E-state index in [0.29, 0.717) is 29.0 Å². The molecule has 10 heteroatoms. The predicted molar refractivity (Wildman–Crippen MR) is 126 cm³/mol. The average Bonchev–Trinajstić information content (AvgIpc) is 3.12. The first-order valence-electron chi connectivity index (χ1n) is 11.1. The van der Waals surface area contributed by atoms with Crippen molar-refractivity contribution in [3.05, 3.63) is 59.7 Å². The first-order chi connectivity index (χ1) is 16.7. The summed E-state index contributed by atoms with van der Waals surface area (Å²) in [6.07, 6.45) is 0.307. The van der Waals surface area contributed by atoms with Crippen LogP contribution in [0.4, 0.5) is 4.79 Å². The molecule has 0 radical (unpaired) electrons. The number of urea groups is 1. The normalized spacial score (nSPS) is 18.0. The number of nitrogens with zero attached hydrogens (tertiary/aromatic N) is 1. The molecule has 0 spiro atoms. The fourth-order valence-corrected chi connectivity index (χ4v) is 3.99.